The lowest BCUT2D eigenvalue weighted by Crippen LogP contribution is -2.10. The van der Waals surface area contributed by atoms with Crippen LogP contribution in [-0.2, 0) is 0 Å². The summed E-state index contributed by atoms with van der Waals surface area (Å²) in [7, 11) is 0. The Labute approximate surface area is 165 Å². The van der Waals surface area contributed by atoms with Crippen molar-refractivity contribution in [1.82, 2.24) is 0 Å². The molecule has 0 bridgehead atoms. The Hall–Kier alpha value is -4.60. The summed E-state index contributed by atoms with van der Waals surface area (Å²) in [6.07, 6.45) is 0. The Balaban J connectivity index is 1.99. The van der Waals surface area contributed by atoms with Gasteiger partial charge in [-0.2, -0.15) is 0 Å². The van der Waals surface area contributed by atoms with E-state index in [-0.39, 0.29) is 21.9 Å². The van der Waals surface area contributed by atoms with E-state index in [0.717, 1.165) is 0 Å². The first-order valence-electron chi connectivity index (χ1n) is 8.38. The number of carboxylic acid groups (broad SMARTS) is 2. The van der Waals surface area contributed by atoms with Crippen LogP contribution in [0.4, 0.5) is 11.4 Å². The second-order valence-electron chi connectivity index (χ2n) is 6.02. The third-order valence-corrected chi connectivity index (χ3v) is 4.19. The molecule has 10 heteroatoms. The molecule has 0 radical (unpaired) electrons. The predicted octanol–water partition coefficient (Wildman–Crippen LogP) is 3.71. The molecule has 0 aliphatic rings. The highest BCUT2D eigenvalue weighted by Crippen LogP contribution is 2.26. The van der Waals surface area contributed by atoms with E-state index in [0.29, 0.717) is 0 Å². The molecule has 10 nitrogen and oxygen atoms in total. The van der Waals surface area contributed by atoms with Crippen LogP contribution in [0.3, 0.4) is 0 Å². The summed E-state index contributed by atoms with van der Waals surface area (Å²) < 4.78 is 10.5. The fourth-order valence-corrected chi connectivity index (χ4v) is 2.84. The molecule has 2 N–H and O–H groups in total. The molecule has 0 saturated carbocycles. The number of hydrogen-bond donors (Lipinski definition) is 2. The van der Waals surface area contributed by atoms with E-state index in [4.69, 9.17) is 8.83 Å². The number of fused-ring (bicyclic) bond motifs is 2. The van der Waals surface area contributed by atoms with Crippen LogP contribution < -0.4 is 10.9 Å². The number of benzene rings is 2. The summed E-state index contributed by atoms with van der Waals surface area (Å²) in [6.45, 7) is 0. The topological polar surface area (TPSA) is 160 Å². The molecule has 0 spiro atoms. The molecule has 0 aliphatic heterocycles. The van der Waals surface area contributed by atoms with Gasteiger partial charge in [-0.15, -0.1) is 10.2 Å². The number of para-hydroxylation sites is 2. The first-order chi connectivity index (χ1) is 14.4. The van der Waals surface area contributed by atoms with Crippen LogP contribution in [0, 0.1) is 0 Å². The molecule has 0 fully saturated rings. The van der Waals surface area contributed by atoms with E-state index >= 15 is 0 Å². The number of hydrogen-bond acceptors (Lipinski definition) is 8. The molecule has 0 aliphatic carbocycles. The highest BCUT2D eigenvalue weighted by molar-refractivity contribution is 5.95. The summed E-state index contributed by atoms with van der Waals surface area (Å²) in [5.41, 5.74) is -2.94. The molecule has 0 atom stereocenters. The van der Waals surface area contributed by atoms with Crippen LogP contribution in [0.5, 0.6) is 0 Å². The van der Waals surface area contributed by atoms with Gasteiger partial charge < -0.3 is 19.0 Å². The molecule has 148 valence electrons. The Morgan fingerprint density at radius 2 is 1.03 bits per heavy atom. The van der Waals surface area contributed by atoms with Gasteiger partial charge in [0, 0.05) is 0 Å². The number of azo groups is 1. The van der Waals surface area contributed by atoms with Gasteiger partial charge in [-0.3, -0.25) is 9.59 Å². The van der Waals surface area contributed by atoms with Gasteiger partial charge in [0.2, 0.25) is 22.4 Å². The molecule has 0 unspecified atom stereocenters. The molecule has 2 heterocycles. The van der Waals surface area contributed by atoms with Crippen LogP contribution in [0.1, 0.15) is 21.1 Å². The minimum atomic E-state index is -1.59. The van der Waals surface area contributed by atoms with Crippen molar-refractivity contribution in [3.05, 3.63) is 80.5 Å². The fourth-order valence-electron chi connectivity index (χ4n) is 2.84. The van der Waals surface area contributed by atoms with Crippen molar-refractivity contribution in [3.63, 3.8) is 0 Å². The molecular weight excluding hydrogens is 396 g/mol. The van der Waals surface area contributed by atoms with Crippen LogP contribution >= 0.6 is 0 Å². The summed E-state index contributed by atoms with van der Waals surface area (Å²) >= 11 is 0. The van der Waals surface area contributed by atoms with Crippen molar-refractivity contribution in [2.75, 3.05) is 0 Å². The molecule has 0 amide bonds. The predicted molar refractivity (Wildman–Crippen MR) is 103 cm³/mol. The van der Waals surface area contributed by atoms with E-state index in [2.05, 4.69) is 10.2 Å². The number of carbonyl (C=O) groups is 2. The molecular formula is C20H10N2O8. The number of aromatic carboxylic acids is 2. The summed E-state index contributed by atoms with van der Waals surface area (Å²) in [5, 5.41) is 26.0. The molecule has 0 saturated heterocycles. The first kappa shape index (κ1) is 18.7. The van der Waals surface area contributed by atoms with Gasteiger partial charge in [0.05, 0.1) is 10.8 Å². The molecule has 2 aromatic carbocycles. The highest BCUT2D eigenvalue weighted by atomic mass is 16.4. The Bertz CT molecular complexity index is 1380. The third kappa shape index (κ3) is 3.02. The van der Waals surface area contributed by atoms with Gasteiger partial charge in [-0.05, 0) is 24.3 Å². The summed E-state index contributed by atoms with van der Waals surface area (Å²) in [4.78, 5) is 48.5. The van der Waals surface area contributed by atoms with E-state index in [9.17, 15) is 29.4 Å². The van der Waals surface area contributed by atoms with Crippen molar-refractivity contribution in [2.24, 2.45) is 10.2 Å². The van der Waals surface area contributed by atoms with E-state index in [1.165, 1.54) is 24.3 Å². The first-order valence-corrected chi connectivity index (χ1v) is 8.38. The van der Waals surface area contributed by atoms with Gasteiger partial charge >= 0.3 is 11.9 Å². The normalized spacial score (nSPS) is 11.3. The highest BCUT2D eigenvalue weighted by Gasteiger charge is 2.23. The minimum Gasteiger partial charge on any atom is -0.475 e. The smallest absolute Gasteiger partial charge is 0.374 e. The minimum absolute atomic E-state index is 0.0234. The lowest BCUT2D eigenvalue weighted by atomic mass is 10.2. The maximum Gasteiger partial charge on any atom is 0.374 e. The number of nitrogens with zero attached hydrogens (tertiary/aromatic N) is 2. The zero-order chi connectivity index (χ0) is 21.4. The van der Waals surface area contributed by atoms with Gasteiger partial charge in [-0.25, -0.2) is 9.59 Å². The van der Waals surface area contributed by atoms with E-state index in [1.807, 2.05) is 0 Å². The van der Waals surface area contributed by atoms with E-state index in [1.54, 1.807) is 24.3 Å². The third-order valence-electron chi connectivity index (χ3n) is 4.19. The van der Waals surface area contributed by atoms with Crippen LogP contribution in [0.15, 0.2) is 77.2 Å². The zero-order valence-electron chi connectivity index (χ0n) is 14.9. The van der Waals surface area contributed by atoms with Gasteiger partial charge in [-0.1, -0.05) is 24.3 Å². The van der Waals surface area contributed by atoms with Gasteiger partial charge in [0.1, 0.15) is 11.2 Å². The van der Waals surface area contributed by atoms with Crippen molar-refractivity contribution in [2.45, 2.75) is 0 Å². The lowest BCUT2D eigenvalue weighted by Gasteiger charge is -2.04. The maximum absolute atomic E-state index is 12.7. The fraction of sp³-hybridized carbons (Fsp3) is 0. The molecule has 4 rings (SSSR count). The summed E-state index contributed by atoms with van der Waals surface area (Å²) in [6, 6.07) is 11.8. The van der Waals surface area contributed by atoms with Crippen molar-refractivity contribution in [3.8, 4) is 0 Å². The number of rotatable bonds is 4. The Morgan fingerprint density at radius 1 is 0.667 bits per heavy atom. The zero-order valence-corrected chi connectivity index (χ0v) is 14.9. The monoisotopic (exact) mass is 406 g/mol. The average molecular weight is 406 g/mol. The lowest BCUT2D eigenvalue weighted by molar-refractivity contribution is 0.0654. The number of carboxylic acids is 2. The second-order valence-corrected chi connectivity index (χ2v) is 6.02. The van der Waals surface area contributed by atoms with E-state index < -0.39 is 45.7 Å². The maximum atomic E-state index is 12.7. The molecule has 2 aromatic heterocycles. The van der Waals surface area contributed by atoms with Gasteiger partial charge in [0.25, 0.3) is 0 Å². The average Bonchev–Trinajstić information content (AvgIpc) is 2.73. The standard InChI is InChI=1S/C20H10N2O8/c23-15-9-5-1-3-7-11(9)29-17(19(25)26)13(15)21-22-14-16(24)10-6-2-4-8-12(10)30-18(14)20(27)28/h1-8H,(H,25,26)(H,27,28). The van der Waals surface area contributed by atoms with Crippen molar-refractivity contribution < 1.29 is 28.6 Å². The summed E-state index contributed by atoms with van der Waals surface area (Å²) in [5.74, 6) is -4.78. The van der Waals surface area contributed by atoms with Crippen LogP contribution in [0.25, 0.3) is 21.9 Å². The SMILES string of the molecule is O=C(O)c1oc2ccccc2c(=O)c1N=Nc1c(C(=O)O)oc2ccccc2c1=O. The van der Waals surface area contributed by atoms with Crippen LogP contribution in [0.2, 0.25) is 0 Å². The largest absolute Gasteiger partial charge is 0.475 e. The van der Waals surface area contributed by atoms with Gasteiger partial charge in [0.15, 0.2) is 11.4 Å². The Kier molecular flexibility index (Phi) is 4.43. The molecule has 30 heavy (non-hydrogen) atoms. The van der Waals surface area contributed by atoms with Crippen molar-refractivity contribution >= 4 is 45.3 Å². The Morgan fingerprint density at radius 3 is 1.40 bits per heavy atom. The quantitative estimate of drug-likeness (QED) is 0.485. The van der Waals surface area contributed by atoms with Crippen LogP contribution in [-0.4, -0.2) is 22.2 Å². The van der Waals surface area contributed by atoms with Crippen molar-refractivity contribution in [1.29, 1.82) is 0 Å². The second kappa shape index (κ2) is 7.09. The molecule has 4 aromatic rings.